The molecule has 0 spiro atoms. The molecule has 140 valence electrons. The summed E-state index contributed by atoms with van der Waals surface area (Å²) >= 11 is 3.43. The summed E-state index contributed by atoms with van der Waals surface area (Å²) in [5.41, 5.74) is 1.53. The minimum atomic E-state index is -4.42. The van der Waals surface area contributed by atoms with Crippen LogP contribution < -0.4 is 10.6 Å². The summed E-state index contributed by atoms with van der Waals surface area (Å²) in [6.45, 7) is 0. The van der Waals surface area contributed by atoms with Crippen LogP contribution in [-0.4, -0.2) is 15.8 Å². The number of alkyl halides is 3. The summed E-state index contributed by atoms with van der Waals surface area (Å²) in [4.78, 5) is 12.1. The molecule has 2 N–H and O–H groups in total. The largest absolute Gasteiger partial charge is 0.416 e. The van der Waals surface area contributed by atoms with Gasteiger partial charge in [-0.3, -0.25) is 4.68 Å². The molecule has 0 unspecified atom stereocenters. The van der Waals surface area contributed by atoms with Crippen molar-refractivity contribution in [2.45, 2.75) is 6.18 Å². The highest BCUT2D eigenvalue weighted by Crippen LogP contribution is 2.30. The third-order valence-corrected chi connectivity index (χ3v) is 4.23. The van der Waals surface area contributed by atoms with Crippen molar-refractivity contribution in [1.29, 1.82) is 0 Å². The summed E-state index contributed by atoms with van der Waals surface area (Å²) in [5.74, 6) is 0. The van der Waals surface area contributed by atoms with Crippen molar-refractivity contribution < 1.29 is 18.0 Å². The van der Waals surface area contributed by atoms with E-state index in [-0.39, 0.29) is 5.69 Å². The van der Waals surface area contributed by atoms with E-state index >= 15 is 0 Å². The lowest BCUT2D eigenvalue weighted by Gasteiger charge is -2.10. The highest BCUT2D eigenvalue weighted by atomic mass is 79.9. The van der Waals surface area contributed by atoms with Crippen LogP contribution in [0.4, 0.5) is 29.3 Å². The molecule has 1 heterocycles. The van der Waals surface area contributed by atoms with Crippen molar-refractivity contribution >= 4 is 33.3 Å². The molecule has 0 aliphatic heterocycles. The summed E-state index contributed by atoms with van der Waals surface area (Å²) in [5, 5.41) is 9.49. The molecule has 0 fully saturated rings. The SMILES string of the molecule is Cn1cc(Br)c(-c2cccc(NC(=O)Nc3ccc(C(F)(F)F)cc3)c2)n1. The molecule has 0 atom stereocenters. The van der Waals surface area contributed by atoms with Crippen molar-refractivity contribution in [3.63, 3.8) is 0 Å². The standard InChI is InChI=1S/C18H14BrF3N4O/c1-26-10-15(19)16(25-26)11-3-2-4-14(9-11)24-17(27)23-13-7-5-12(6-8-13)18(20,21)22/h2-10H,1H3,(H2,23,24,27). The van der Waals surface area contributed by atoms with Crippen LogP contribution in [-0.2, 0) is 13.2 Å². The first-order valence-electron chi connectivity index (χ1n) is 7.77. The fraction of sp³-hybridized carbons (Fsp3) is 0.111. The van der Waals surface area contributed by atoms with E-state index in [9.17, 15) is 18.0 Å². The Morgan fingerprint density at radius 1 is 1.07 bits per heavy atom. The number of urea groups is 1. The van der Waals surface area contributed by atoms with Crippen LogP contribution in [0.15, 0.2) is 59.2 Å². The van der Waals surface area contributed by atoms with Crippen LogP contribution in [0.25, 0.3) is 11.3 Å². The first-order chi connectivity index (χ1) is 12.7. The predicted molar refractivity (Wildman–Crippen MR) is 100 cm³/mol. The Balaban J connectivity index is 1.69. The maximum atomic E-state index is 12.6. The quantitative estimate of drug-likeness (QED) is 0.566. The molecule has 1 aromatic heterocycles. The molecule has 0 aliphatic rings. The minimum Gasteiger partial charge on any atom is -0.308 e. The molecule has 0 saturated carbocycles. The first kappa shape index (κ1) is 19.0. The zero-order valence-corrected chi connectivity index (χ0v) is 15.6. The monoisotopic (exact) mass is 438 g/mol. The van der Waals surface area contributed by atoms with Gasteiger partial charge in [0.25, 0.3) is 0 Å². The Hall–Kier alpha value is -2.81. The Bertz CT molecular complexity index is 967. The molecular weight excluding hydrogens is 425 g/mol. The number of hydrogen-bond donors (Lipinski definition) is 2. The van der Waals surface area contributed by atoms with Crippen molar-refractivity contribution in [3.8, 4) is 11.3 Å². The van der Waals surface area contributed by atoms with Crippen molar-refractivity contribution in [3.05, 3.63) is 64.8 Å². The number of anilines is 2. The molecule has 27 heavy (non-hydrogen) atoms. The van der Waals surface area contributed by atoms with Crippen molar-refractivity contribution in [2.24, 2.45) is 7.05 Å². The van der Waals surface area contributed by atoms with Crippen LogP contribution >= 0.6 is 15.9 Å². The molecular formula is C18H14BrF3N4O. The van der Waals surface area contributed by atoms with Gasteiger partial charge in [0.15, 0.2) is 0 Å². The van der Waals surface area contributed by atoms with Crippen LogP contribution in [0.2, 0.25) is 0 Å². The second-order valence-electron chi connectivity index (χ2n) is 5.73. The molecule has 0 radical (unpaired) electrons. The molecule has 2 amide bonds. The topological polar surface area (TPSA) is 59.0 Å². The van der Waals surface area contributed by atoms with E-state index in [1.807, 2.05) is 12.3 Å². The average Bonchev–Trinajstić information content (AvgIpc) is 2.93. The number of benzene rings is 2. The van der Waals surface area contributed by atoms with Crippen molar-refractivity contribution in [2.75, 3.05) is 10.6 Å². The van der Waals surface area contributed by atoms with Crippen molar-refractivity contribution in [1.82, 2.24) is 9.78 Å². The lowest BCUT2D eigenvalue weighted by atomic mass is 10.1. The van der Waals surface area contributed by atoms with E-state index in [1.165, 1.54) is 12.1 Å². The Labute approximate surface area is 161 Å². The fourth-order valence-corrected chi connectivity index (χ4v) is 3.04. The fourth-order valence-electron chi connectivity index (χ4n) is 2.44. The van der Waals surface area contributed by atoms with E-state index in [1.54, 1.807) is 29.9 Å². The number of aryl methyl sites for hydroxylation is 1. The van der Waals surface area contributed by atoms with Gasteiger partial charge in [-0.25, -0.2) is 4.79 Å². The summed E-state index contributed by atoms with van der Waals surface area (Å²) in [6.07, 6.45) is -2.60. The number of halogens is 4. The van der Waals surface area contributed by atoms with E-state index in [0.29, 0.717) is 5.69 Å². The van der Waals surface area contributed by atoms with Crippen LogP contribution in [0.5, 0.6) is 0 Å². The highest BCUT2D eigenvalue weighted by Gasteiger charge is 2.29. The number of nitrogens with zero attached hydrogens (tertiary/aromatic N) is 2. The van der Waals surface area contributed by atoms with Gasteiger partial charge in [0, 0.05) is 30.2 Å². The Morgan fingerprint density at radius 3 is 2.33 bits per heavy atom. The van der Waals surface area contributed by atoms with E-state index < -0.39 is 17.8 Å². The number of rotatable bonds is 3. The molecule has 3 aromatic rings. The van der Waals surface area contributed by atoms with Gasteiger partial charge in [0.05, 0.1) is 10.0 Å². The summed E-state index contributed by atoms with van der Waals surface area (Å²) < 4.78 is 40.2. The van der Waals surface area contributed by atoms with Gasteiger partial charge in [0.2, 0.25) is 0 Å². The maximum Gasteiger partial charge on any atom is 0.416 e. The van der Waals surface area contributed by atoms with E-state index in [0.717, 1.165) is 27.9 Å². The second-order valence-corrected chi connectivity index (χ2v) is 6.59. The molecule has 0 bridgehead atoms. The number of hydrogen-bond acceptors (Lipinski definition) is 2. The van der Waals surface area contributed by atoms with Gasteiger partial charge < -0.3 is 10.6 Å². The van der Waals surface area contributed by atoms with E-state index in [2.05, 4.69) is 31.7 Å². The summed E-state index contributed by atoms with van der Waals surface area (Å²) in [7, 11) is 1.80. The van der Waals surface area contributed by atoms with Gasteiger partial charge in [0.1, 0.15) is 5.69 Å². The van der Waals surface area contributed by atoms with Gasteiger partial charge in [-0.05, 0) is 52.3 Å². The van der Waals surface area contributed by atoms with Gasteiger partial charge in [-0.1, -0.05) is 12.1 Å². The number of carbonyl (C=O) groups is 1. The van der Waals surface area contributed by atoms with Gasteiger partial charge >= 0.3 is 12.2 Å². The molecule has 0 saturated heterocycles. The molecule has 5 nitrogen and oxygen atoms in total. The smallest absolute Gasteiger partial charge is 0.308 e. The molecule has 0 aliphatic carbocycles. The lowest BCUT2D eigenvalue weighted by Crippen LogP contribution is -2.19. The molecule has 2 aromatic carbocycles. The van der Waals surface area contributed by atoms with Crippen LogP contribution in [0.3, 0.4) is 0 Å². The molecule has 3 rings (SSSR count). The zero-order valence-electron chi connectivity index (χ0n) is 14.0. The number of aromatic nitrogens is 2. The Morgan fingerprint density at radius 2 is 1.74 bits per heavy atom. The van der Waals surface area contributed by atoms with Crippen LogP contribution in [0.1, 0.15) is 5.56 Å². The second kappa shape index (κ2) is 7.43. The summed E-state index contributed by atoms with van der Waals surface area (Å²) in [6, 6.07) is 10.7. The number of nitrogens with one attached hydrogen (secondary N) is 2. The predicted octanol–water partition coefficient (Wildman–Crippen LogP) is 5.51. The van der Waals surface area contributed by atoms with Gasteiger partial charge in [-0.2, -0.15) is 18.3 Å². The van der Waals surface area contributed by atoms with Crippen LogP contribution in [0, 0.1) is 0 Å². The minimum absolute atomic E-state index is 0.254. The zero-order chi connectivity index (χ0) is 19.6. The average molecular weight is 439 g/mol. The van der Waals surface area contributed by atoms with E-state index in [4.69, 9.17) is 0 Å². The normalized spacial score (nSPS) is 11.3. The first-order valence-corrected chi connectivity index (χ1v) is 8.56. The molecule has 9 heteroatoms. The lowest BCUT2D eigenvalue weighted by molar-refractivity contribution is -0.137. The Kier molecular flexibility index (Phi) is 5.22. The highest BCUT2D eigenvalue weighted by molar-refractivity contribution is 9.10. The maximum absolute atomic E-state index is 12.6. The third kappa shape index (κ3) is 4.68. The number of amides is 2. The number of carbonyl (C=O) groups excluding carboxylic acids is 1. The van der Waals surface area contributed by atoms with Gasteiger partial charge in [-0.15, -0.1) is 0 Å². The third-order valence-electron chi connectivity index (χ3n) is 3.65.